The molecule has 0 spiro atoms. The van der Waals surface area contributed by atoms with Gasteiger partial charge in [-0.1, -0.05) is 36.4 Å². The molecule has 1 aromatic carbocycles. The van der Waals surface area contributed by atoms with E-state index in [0.29, 0.717) is 18.3 Å². The monoisotopic (exact) mass is 373 g/mol. The molecule has 142 valence electrons. The Morgan fingerprint density at radius 1 is 1.00 bits per heavy atom. The lowest BCUT2D eigenvalue weighted by atomic mass is 9.96. The summed E-state index contributed by atoms with van der Waals surface area (Å²) in [4.78, 5) is 18.4. The van der Waals surface area contributed by atoms with Gasteiger partial charge in [-0.2, -0.15) is 4.98 Å². The van der Waals surface area contributed by atoms with Gasteiger partial charge in [0.05, 0.1) is 17.4 Å². The van der Waals surface area contributed by atoms with Crippen LogP contribution < -0.4 is 5.32 Å². The number of hydrogen-bond acceptors (Lipinski definition) is 6. The molecule has 6 heteroatoms. The Kier molecular flexibility index (Phi) is 5.68. The maximum atomic E-state index is 9.75. The number of aliphatic hydroxyl groups is 1. The maximum Gasteiger partial charge on any atom is 0.224 e. The van der Waals surface area contributed by atoms with Gasteiger partial charge in [-0.25, -0.2) is 9.98 Å². The summed E-state index contributed by atoms with van der Waals surface area (Å²) in [6, 6.07) is 15.9. The molecule has 1 aliphatic carbocycles. The molecule has 4 rings (SSSR count). The smallest absolute Gasteiger partial charge is 0.224 e. The Labute approximate surface area is 164 Å². The molecule has 1 aliphatic rings. The summed E-state index contributed by atoms with van der Waals surface area (Å²) in [6.07, 6.45) is 6.40. The van der Waals surface area contributed by atoms with E-state index in [4.69, 9.17) is 4.99 Å². The number of anilines is 1. The van der Waals surface area contributed by atoms with E-state index in [1.165, 1.54) is 0 Å². The molecule has 0 saturated heterocycles. The fraction of sp³-hybridized carbons (Fsp3) is 0.273. The second-order valence-electron chi connectivity index (χ2n) is 6.89. The first-order chi connectivity index (χ1) is 13.8. The molecule has 28 heavy (non-hydrogen) atoms. The Balaban J connectivity index is 1.62. The summed E-state index contributed by atoms with van der Waals surface area (Å²) < 4.78 is 0. The Hall–Kier alpha value is -3.12. The zero-order valence-electron chi connectivity index (χ0n) is 15.6. The molecule has 0 atom stereocenters. The highest BCUT2D eigenvalue weighted by Gasteiger charge is 2.17. The normalized spacial score (nSPS) is 16.6. The van der Waals surface area contributed by atoms with Crippen molar-refractivity contribution in [2.45, 2.75) is 38.3 Å². The third-order valence-corrected chi connectivity index (χ3v) is 4.80. The third kappa shape index (κ3) is 4.58. The van der Waals surface area contributed by atoms with E-state index in [1.807, 2.05) is 36.4 Å². The summed E-state index contributed by atoms with van der Waals surface area (Å²) in [6.45, 7) is 0.645. The number of hydrogen-bond donors (Lipinski definition) is 2. The second-order valence-corrected chi connectivity index (χ2v) is 6.89. The molecule has 0 amide bonds. The number of rotatable bonds is 5. The summed E-state index contributed by atoms with van der Waals surface area (Å²) in [5.74, 6) is 1.16. The van der Waals surface area contributed by atoms with Crippen molar-refractivity contribution in [2.24, 2.45) is 4.99 Å². The van der Waals surface area contributed by atoms with E-state index in [-0.39, 0.29) is 6.10 Å². The highest BCUT2D eigenvalue weighted by atomic mass is 16.3. The van der Waals surface area contributed by atoms with Gasteiger partial charge in [-0.05, 0) is 43.4 Å². The minimum Gasteiger partial charge on any atom is -0.393 e. The summed E-state index contributed by atoms with van der Waals surface area (Å²) >= 11 is 0. The number of aliphatic hydroxyl groups excluding tert-OH is 1. The molecule has 2 aromatic heterocycles. The van der Waals surface area contributed by atoms with Gasteiger partial charge in [0.1, 0.15) is 0 Å². The summed E-state index contributed by atoms with van der Waals surface area (Å²) in [5.41, 5.74) is 3.83. The minimum absolute atomic E-state index is 0.220. The van der Waals surface area contributed by atoms with E-state index in [9.17, 15) is 5.11 Å². The molecule has 1 fully saturated rings. The number of aliphatic imine (C=N–C) groups is 1. The van der Waals surface area contributed by atoms with E-state index >= 15 is 0 Å². The van der Waals surface area contributed by atoms with Crippen molar-refractivity contribution >= 4 is 17.5 Å². The molecule has 0 bridgehead atoms. The fourth-order valence-corrected chi connectivity index (χ4v) is 3.22. The zero-order valence-corrected chi connectivity index (χ0v) is 15.6. The molecular weight excluding hydrogens is 350 g/mol. The summed E-state index contributed by atoms with van der Waals surface area (Å²) in [5, 5.41) is 13.0. The van der Waals surface area contributed by atoms with Gasteiger partial charge >= 0.3 is 0 Å². The van der Waals surface area contributed by atoms with Crippen molar-refractivity contribution in [1.29, 1.82) is 0 Å². The average molecular weight is 373 g/mol. The average Bonchev–Trinajstić information content (AvgIpc) is 2.75. The van der Waals surface area contributed by atoms with Crippen molar-refractivity contribution in [3.8, 4) is 11.3 Å². The molecule has 2 heterocycles. The van der Waals surface area contributed by atoms with Gasteiger partial charge in [0.25, 0.3) is 0 Å². The van der Waals surface area contributed by atoms with Crippen molar-refractivity contribution < 1.29 is 5.11 Å². The van der Waals surface area contributed by atoms with Crippen LogP contribution in [0.2, 0.25) is 0 Å². The highest BCUT2D eigenvalue weighted by Crippen LogP contribution is 2.29. The molecule has 1 saturated carbocycles. The van der Waals surface area contributed by atoms with Crippen LogP contribution in [0.15, 0.2) is 65.9 Å². The van der Waals surface area contributed by atoms with Gasteiger partial charge in [0.15, 0.2) is 5.82 Å². The number of nitrogens with zero attached hydrogens (tertiary/aromatic N) is 4. The standard InChI is InChI=1S/C22H23N5O/c28-18-11-9-17(10-12-18)26-21-19(20-8-4-5-13-23-20)15-25-22(27-21)24-14-16-6-2-1-3-7-16/h1-8,13,15,18,28H,9-12,14H2,(H,24,25,27). The van der Waals surface area contributed by atoms with Crippen molar-refractivity contribution in [2.75, 3.05) is 5.32 Å². The summed E-state index contributed by atoms with van der Waals surface area (Å²) in [7, 11) is 0. The number of benzene rings is 1. The van der Waals surface area contributed by atoms with Crippen LogP contribution in [0.25, 0.3) is 11.3 Å². The number of pyridine rings is 1. The van der Waals surface area contributed by atoms with Gasteiger partial charge in [0, 0.05) is 24.7 Å². The Bertz CT molecular complexity index is 934. The lowest BCUT2D eigenvalue weighted by molar-refractivity contribution is 0.152. The molecular formula is C22H23N5O. The largest absolute Gasteiger partial charge is 0.393 e. The second kappa shape index (κ2) is 8.71. The van der Waals surface area contributed by atoms with Crippen molar-refractivity contribution in [3.05, 3.63) is 66.5 Å². The van der Waals surface area contributed by atoms with Gasteiger partial charge in [-0.3, -0.25) is 4.98 Å². The van der Waals surface area contributed by atoms with E-state index in [1.54, 1.807) is 12.4 Å². The van der Waals surface area contributed by atoms with Gasteiger partial charge in [0.2, 0.25) is 5.95 Å². The maximum absolute atomic E-state index is 9.75. The number of nitrogens with one attached hydrogen (secondary N) is 1. The molecule has 6 nitrogen and oxygen atoms in total. The fourth-order valence-electron chi connectivity index (χ4n) is 3.22. The molecule has 0 radical (unpaired) electrons. The molecule has 3 aromatic rings. The van der Waals surface area contributed by atoms with Crippen LogP contribution in [0.1, 0.15) is 31.2 Å². The van der Waals surface area contributed by atoms with Crippen LogP contribution in [0.3, 0.4) is 0 Å². The van der Waals surface area contributed by atoms with Crippen LogP contribution in [0, 0.1) is 0 Å². The van der Waals surface area contributed by atoms with E-state index in [2.05, 4.69) is 32.4 Å². The van der Waals surface area contributed by atoms with Crippen molar-refractivity contribution in [1.82, 2.24) is 15.0 Å². The first kappa shape index (κ1) is 18.3. The quantitative estimate of drug-likeness (QED) is 0.702. The lowest BCUT2D eigenvalue weighted by Gasteiger charge is -2.18. The molecule has 0 unspecified atom stereocenters. The predicted molar refractivity (Wildman–Crippen MR) is 111 cm³/mol. The lowest BCUT2D eigenvalue weighted by Crippen LogP contribution is -2.17. The third-order valence-electron chi connectivity index (χ3n) is 4.80. The van der Waals surface area contributed by atoms with E-state index < -0.39 is 0 Å². The Morgan fingerprint density at radius 2 is 1.79 bits per heavy atom. The van der Waals surface area contributed by atoms with Gasteiger partial charge in [-0.15, -0.1) is 0 Å². The minimum atomic E-state index is -0.220. The van der Waals surface area contributed by atoms with Gasteiger partial charge < -0.3 is 10.4 Å². The van der Waals surface area contributed by atoms with E-state index in [0.717, 1.165) is 48.2 Å². The first-order valence-corrected chi connectivity index (χ1v) is 9.58. The SMILES string of the molecule is OC1CCC(=Nc2nc(NCc3ccccc3)ncc2-c2ccccn2)CC1. The van der Waals surface area contributed by atoms with Crippen molar-refractivity contribution in [3.63, 3.8) is 0 Å². The first-order valence-electron chi connectivity index (χ1n) is 9.58. The molecule has 0 aliphatic heterocycles. The van der Waals surface area contributed by atoms with Crippen LogP contribution in [-0.4, -0.2) is 31.9 Å². The van der Waals surface area contributed by atoms with Crippen LogP contribution in [0.4, 0.5) is 11.8 Å². The van der Waals surface area contributed by atoms with Crippen LogP contribution >= 0.6 is 0 Å². The number of aromatic nitrogens is 3. The topological polar surface area (TPSA) is 83.3 Å². The highest BCUT2D eigenvalue weighted by molar-refractivity contribution is 5.89. The Morgan fingerprint density at radius 3 is 2.54 bits per heavy atom. The molecule has 2 N–H and O–H groups in total. The van der Waals surface area contributed by atoms with Crippen LogP contribution in [-0.2, 0) is 6.54 Å². The van der Waals surface area contributed by atoms with Crippen LogP contribution in [0.5, 0.6) is 0 Å². The predicted octanol–water partition coefficient (Wildman–Crippen LogP) is 4.16. The zero-order chi connectivity index (χ0) is 19.2.